The van der Waals surface area contributed by atoms with Crippen molar-refractivity contribution >= 4 is 22.5 Å². The summed E-state index contributed by atoms with van der Waals surface area (Å²) in [5, 5.41) is 1.87. The van der Waals surface area contributed by atoms with Gasteiger partial charge in [0.05, 0.1) is 18.2 Å². The molecule has 1 aliphatic heterocycles. The van der Waals surface area contributed by atoms with Gasteiger partial charge in [-0.2, -0.15) is 0 Å². The van der Waals surface area contributed by atoms with Crippen molar-refractivity contribution in [3.8, 4) is 0 Å². The van der Waals surface area contributed by atoms with Gasteiger partial charge in [-0.05, 0) is 23.3 Å². The van der Waals surface area contributed by atoms with E-state index in [0.29, 0.717) is 6.61 Å². The van der Waals surface area contributed by atoms with Gasteiger partial charge in [0.15, 0.2) is 0 Å². The molecule has 0 amide bonds. The second kappa shape index (κ2) is 2.50. The van der Waals surface area contributed by atoms with E-state index in [1.54, 1.807) is 0 Å². The first kappa shape index (κ1) is 7.42. The maximum Gasteiger partial charge on any atom is 0.0725 e. The van der Waals surface area contributed by atoms with E-state index in [1.165, 1.54) is 11.1 Å². The van der Waals surface area contributed by atoms with Gasteiger partial charge in [-0.3, -0.25) is 0 Å². The maximum atomic E-state index is 6.00. The first-order valence-corrected chi connectivity index (χ1v) is 4.58. The van der Waals surface area contributed by atoms with Crippen LogP contribution in [0.1, 0.15) is 11.1 Å². The van der Waals surface area contributed by atoms with Crippen molar-refractivity contribution in [1.82, 2.24) is 4.98 Å². The van der Waals surface area contributed by atoms with Gasteiger partial charge in [0, 0.05) is 17.1 Å². The highest BCUT2D eigenvalue weighted by Gasteiger charge is 2.13. The molecule has 3 rings (SSSR count). The standard InChI is InChI=1S/C10H8ClNO/c11-9-3-12-10-2-7-5-13-4-6(7)1-8(9)10/h1-3,12H,4-5H2. The number of aromatic nitrogens is 1. The molecule has 1 aromatic carbocycles. The molecule has 0 aliphatic carbocycles. The van der Waals surface area contributed by atoms with Gasteiger partial charge in [-0.25, -0.2) is 0 Å². The van der Waals surface area contributed by atoms with Crippen molar-refractivity contribution in [1.29, 1.82) is 0 Å². The highest BCUT2D eigenvalue weighted by atomic mass is 35.5. The third-order valence-corrected chi connectivity index (χ3v) is 2.78. The Morgan fingerprint density at radius 1 is 1.23 bits per heavy atom. The van der Waals surface area contributed by atoms with Crippen LogP contribution in [0.15, 0.2) is 18.3 Å². The lowest BCUT2D eigenvalue weighted by Crippen LogP contribution is -1.81. The van der Waals surface area contributed by atoms with Crippen LogP contribution in [0, 0.1) is 0 Å². The molecule has 0 saturated heterocycles. The average Bonchev–Trinajstić information content (AvgIpc) is 2.70. The van der Waals surface area contributed by atoms with E-state index < -0.39 is 0 Å². The Morgan fingerprint density at radius 3 is 2.85 bits per heavy atom. The SMILES string of the molecule is Clc1c[nH]c2cc3c(cc12)COC3. The van der Waals surface area contributed by atoms with Crippen molar-refractivity contribution in [2.24, 2.45) is 0 Å². The monoisotopic (exact) mass is 193 g/mol. The Bertz CT molecular complexity index is 475. The number of H-pyrrole nitrogens is 1. The van der Waals surface area contributed by atoms with Crippen LogP contribution < -0.4 is 0 Å². The van der Waals surface area contributed by atoms with Crippen molar-refractivity contribution in [2.75, 3.05) is 0 Å². The second-order valence-electron chi connectivity index (χ2n) is 3.30. The fraction of sp³-hybridized carbons (Fsp3) is 0.200. The van der Waals surface area contributed by atoms with Gasteiger partial charge in [-0.15, -0.1) is 0 Å². The molecular formula is C10H8ClNO. The predicted octanol–water partition coefficient (Wildman–Crippen LogP) is 2.85. The Labute approximate surface area is 80.5 Å². The summed E-state index contributed by atoms with van der Waals surface area (Å²) in [5.41, 5.74) is 3.62. The van der Waals surface area contributed by atoms with Crippen molar-refractivity contribution in [3.05, 3.63) is 34.5 Å². The van der Waals surface area contributed by atoms with Crippen LogP contribution in [0.4, 0.5) is 0 Å². The van der Waals surface area contributed by atoms with Gasteiger partial charge in [0.2, 0.25) is 0 Å². The zero-order valence-electron chi connectivity index (χ0n) is 6.93. The van der Waals surface area contributed by atoms with E-state index in [0.717, 1.165) is 22.5 Å². The summed E-state index contributed by atoms with van der Waals surface area (Å²) in [6.45, 7) is 1.44. The van der Waals surface area contributed by atoms with E-state index in [9.17, 15) is 0 Å². The molecule has 0 saturated carbocycles. The number of halogens is 1. The van der Waals surface area contributed by atoms with E-state index in [1.807, 2.05) is 6.20 Å². The lowest BCUT2D eigenvalue weighted by Gasteiger charge is -1.96. The molecule has 1 aromatic heterocycles. The van der Waals surface area contributed by atoms with E-state index in [4.69, 9.17) is 16.3 Å². The number of benzene rings is 1. The van der Waals surface area contributed by atoms with Gasteiger partial charge < -0.3 is 9.72 Å². The van der Waals surface area contributed by atoms with Crippen LogP contribution in [-0.2, 0) is 18.0 Å². The van der Waals surface area contributed by atoms with Crippen molar-refractivity contribution < 1.29 is 4.74 Å². The molecule has 66 valence electrons. The third-order valence-electron chi connectivity index (χ3n) is 2.47. The molecule has 0 bridgehead atoms. The summed E-state index contributed by atoms with van der Waals surface area (Å²) in [6.07, 6.45) is 1.82. The van der Waals surface area contributed by atoms with Crippen molar-refractivity contribution in [3.63, 3.8) is 0 Å². The zero-order chi connectivity index (χ0) is 8.84. The van der Waals surface area contributed by atoms with E-state index >= 15 is 0 Å². The molecule has 2 aromatic rings. The number of hydrogen-bond acceptors (Lipinski definition) is 1. The molecule has 0 unspecified atom stereocenters. The van der Waals surface area contributed by atoms with Crippen LogP contribution in [0.3, 0.4) is 0 Å². The summed E-state index contributed by atoms with van der Waals surface area (Å²) in [7, 11) is 0. The first-order valence-electron chi connectivity index (χ1n) is 4.21. The fourth-order valence-corrected chi connectivity index (χ4v) is 1.98. The minimum Gasteiger partial charge on any atom is -0.372 e. The number of ether oxygens (including phenoxy) is 1. The lowest BCUT2D eigenvalue weighted by atomic mass is 10.1. The normalized spacial score (nSPS) is 15.2. The summed E-state index contributed by atoms with van der Waals surface area (Å²) >= 11 is 6.00. The summed E-state index contributed by atoms with van der Waals surface area (Å²) in [5.74, 6) is 0. The average molecular weight is 194 g/mol. The number of rotatable bonds is 0. The quantitative estimate of drug-likeness (QED) is 0.684. The Morgan fingerprint density at radius 2 is 2.00 bits per heavy atom. The minimum absolute atomic E-state index is 0.715. The maximum absolute atomic E-state index is 6.00. The van der Waals surface area contributed by atoms with Crippen LogP contribution in [0.2, 0.25) is 5.02 Å². The summed E-state index contributed by atoms with van der Waals surface area (Å²) in [4.78, 5) is 3.13. The van der Waals surface area contributed by atoms with Crippen LogP contribution in [-0.4, -0.2) is 4.98 Å². The third kappa shape index (κ3) is 0.992. The molecule has 0 radical (unpaired) electrons. The molecule has 2 heterocycles. The summed E-state index contributed by atoms with van der Waals surface area (Å²) in [6, 6.07) is 4.22. The Balaban J connectivity index is 2.38. The molecule has 1 aliphatic rings. The largest absolute Gasteiger partial charge is 0.372 e. The van der Waals surface area contributed by atoms with Crippen molar-refractivity contribution in [2.45, 2.75) is 13.2 Å². The molecule has 1 N–H and O–H groups in total. The van der Waals surface area contributed by atoms with Gasteiger partial charge in [0.25, 0.3) is 0 Å². The lowest BCUT2D eigenvalue weighted by molar-refractivity contribution is 0.134. The van der Waals surface area contributed by atoms with E-state index in [2.05, 4.69) is 17.1 Å². The van der Waals surface area contributed by atoms with Gasteiger partial charge >= 0.3 is 0 Å². The smallest absolute Gasteiger partial charge is 0.0725 e. The fourth-order valence-electron chi connectivity index (χ4n) is 1.76. The number of hydrogen-bond donors (Lipinski definition) is 1. The summed E-state index contributed by atoms with van der Waals surface area (Å²) < 4.78 is 5.34. The highest BCUT2D eigenvalue weighted by Crippen LogP contribution is 2.29. The first-order chi connectivity index (χ1) is 6.34. The topological polar surface area (TPSA) is 25.0 Å². The Hall–Kier alpha value is -0.990. The van der Waals surface area contributed by atoms with E-state index in [-0.39, 0.29) is 0 Å². The zero-order valence-corrected chi connectivity index (χ0v) is 7.69. The highest BCUT2D eigenvalue weighted by molar-refractivity contribution is 6.35. The molecule has 13 heavy (non-hydrogen) atoms. The molecule has 0 fully saturated rings. The Kier molecular flexibility index (Phi) is 1.43. The molecular weight excluding hydrogens is 186 g/mol. The number of fused-ring (bicyclic) bond motifs is 2. The predicted molar refractivity (Wildman–Crippen MR) is 51.8 cm³/mol. The molecule has 0 atom stereocenters. The molecule has 3 heteroatoms. The second-order valence-corrected chi connectivity index (χ2v) is 3.70. The molecule has 0 spiro atoms. The van der Waals surface area contributed by atoms with Gasteiger partial charge in [-0.1, -0.05) is 11.6 Å². The number of nitrogens with one attached hydrogen (secondary N) is 1. The van der Waals surface area contributed by atoms with Crippen LogP contribution >= 0.6 is 11.6 Å². The van der Waals surface area contributed by atoms with Gasteiger partial charge in [0.1, 0.15) is 0 Å². The van der Waals surface area contributed by atoms with Crippen LogP contribution in [0.25, 0.3) is 10.9 Å². The minimum atomic E-state index is 0.715. The number of aromatic amines is 1. The van der Waals surface area contributed by atoms with Crippen LogP contribution in [0.5, 0.6) is 0 Å². The molecule has 2 nitrogen and oxygen atoms in total.